The molecule has 0 radical (unpaired) electrons. The summed E-state index contributed by atoms with van der Waals surface area (Å²) in [4.78, 5) is 4.62. The van der Waals surface area contributed by atoms with Crippen LogP contribution in [0, 0.1) is 13.8 Å². The van der Waals surface area contributed by atoms with Gasteiger partial charge in [-0.2, -0.15) is 0 Å². The van der Waals surface area contributed by atoms with Crippen LogP contribution in [-0.4, -0.2) is 13.4 Å². The van der Waals surface area contributed by atoms with E-state index in [1.165, 1.54) is 11.3 Å². The van der Waals surface area contributed by atoms with Crippen molar-refractivity contribution in [1.29, 1.82) is 0 Å². The second-order valence-corrected chi connectivity index (χ2v) is 9.74. The molecule has 1 unspecified atom stereocenters. The lowest BCUT2D eigenvalue weighted by Gasteiger charge is -2.18. The Morgan fingerprint density at radius 1 is 1.04 bits per heavy atom. The van der Waals surface area contributed by atoms with Gasteiger partial charge in [0.1, 0.15) is 5.25 Å². The maximum atomic E-state index is 13.6. The first kappa shape index (κ1) is 17.3. The molecule has 3 aromatic rings. The number of aromatic nitrogens is 1. The van der Waals surface area contributed by atoms with Gasteiger partial charge in [0, 0.05) is 26.7 Å². The number of fused-ring (bicyclic) bond motifs is 1. The van der Waals surface area contributed by atoms with Gasteiger partial charge in [-0.3, -0.25) is 0 Å². The molecule has 1 aliphatic carbocycles. The fourth-order valence-electron chi connectivity index (χ4n) is 3.61. The zero-order valence-corrected chi connectivity index (χ0v) is 16.5. The van der Waals surface area contributed by atoms with E-state index in [0.29, 0.717) is 4.90 Å². The molecule has 26 heavy (non-hydrogen) atoms. The van der Waals surface area contributed by atoms with Gasteiger partial charge in [0.2, 0.25) is 0 Å². The first-order chi connectivity index (χ1) is 12.5. The Morgan fingerprint density at radius 3 is 2.46 bits per heavy atom. The van der Waals surface area contributed by atoms with Crippen molar-refractivity contribution >= 4 is 33.3 Å². The van der Waals surface area contributed by atoms with Crippen LogP contribution in [0.3, 0.4) is 0 Å². The molecule has 2 aromatic heterocycles. The Balaban J connectivity index is 1.99. The Kier molecular flexibility index (Phi) is 4.37. The molecule has 0 bridgehead atoms. The largest absolute Gasteiger partial charge is 0.359 e. The summed E-state index contributed by atoms with van der Waals surface area (Å²) >= 11 is 1.50. The number of nitrogens with one attached hydrogen (secondary N) is 1. The molecule has 3 nitrogen and oxygen atoms in total. The third-order valence-electron chi connectivity index (χ3n) is 4.89. The summed E-state index contributed by atoms with van der Waals surface area (Å²) in [5, 5.41) is 3.34. The van der Waals surface area contributed by atoms with Crippen LogP contribution in [0.4, 0.5) is 0 Å². The Morgan fingerprint density at radius 2 is 1.77 bits per heavy atom. The van der Waals surface area contributed by atoms with Crippen LogP contribution < -0.4 is 10.6 Å². The van der Waals surface area contributed by atoms with E-state index in [2.05, 4.69) is 17.1 Å². The molecule has 0 spiro atoms. The van der Waals surface area contributed by atoms with Gasteiger partial charge < -0.3 is 4.98 Å². The van der Waals surface area contributed by atoms with Crippen molar-refractivity contribution in [1.82, 2.24) is 4.98 Å². The summed E-state index contributed by atoms with van der Waals surface area (Å²) in [6, 6.07) is 11.0. The van der Waals surface area contributed by atoms with Gasteiger partial charge in [-0.1, -0.05) is 35.9 Å². The first-order valence-electron chi connectivity index (χ1n) is 8.71. The average Bonchev–Trinajstić information content (AvgIpc) is 3.24. The number of rotatable bonds is 4. The third kappa shape index (κ3) is 2.85. The van der Waals surface area contributed by atoms with E-state index in [1.807, 2.05) is 43.5 Å². The molecule has 0 amide bonds. The van der Waals surface area contributed by atoms with E-state index in [9.17, 15) is 8.42 Å². The molecular weight excluding hydrogens is 362 g/mol. The van der Waals surface area contributed by atoms with E-state index in [4.69, 9.17) is 0 Å². The highest BCUT2D eigenvalue weighted by atomic mass is 32.2. The number of hydrogen-bond donors (Lipinski definition) is 1. The lowest BCUT2D eigenvalue weighted by atomic mass is 10.1. The SMILES string of the molecule is Cc1ccc(S(=O)(=O)C(c2cccs2)c2c(C)[nH]c3c2=CCCC=3)cc1. The molecule has 1 aromatic carbocycles. The van der Waals surface area contributed by atoms with E-state index in [0.717, 1.165) is 45.1 Å². The van der Waals surface area contributed by atoms with E-state index >= 15 is 0 Å². The monoisotopic (exact) mass is 383 g/mol. The van der Waals surface area contributed by atoms with E-state index < -0.39 is 15.1 Å². The molecule has 1 N–H and O–H groups in total. The van der Waals surface area contributed by atoms with Crippen molar-refractivity contribution in [3.63, 3.8) is 0 Å². The van der Waals surface area contributed by atoms with Gasteiger partial charge in [0.25, 0.3) is 0 Å². The summed E-state index contributed by atoms with van der Waals surface area (Å²) in [6.07, 6.45) is 6.26. The molecule has 4 rings (SSSR count). The Labute approximate surface area is 157 Å². The quantitative estimate of drug-likeness (QED) is 0.748. The molecular formula is C21H21NO2S2. The van der Waals surface area contributed by atoms with Gasteiger partial charge in [-0.05, 0) is 50.3 Å². The zero-order chi connectivity index (χ0) is 18.3. The van der Waals surface area contributed by atoms with Crippen LogP contribution in [0.5, 0.6) is 0 Å². The van der Waals surface area contributed by atoms with Crippen molar-refractivity contribution in [3.8, 4) is 0 Å². The van der Waals surface area contributed by atoms with Crippen LogP contribution in [-0.2, 0) is 9.84 Å². The normalized spacial score (nSPS) is 15.0. The molecule has 1 atom stereocenters. The minimum absolute atomic E-state index is 0.371. The molecule has 134 valence electrons. The summed E-state index contributed by atoms with van der Waals surface area (Å²) in [6.45, 7) is 3.94. The van der Waals surface area contributed by atoms with Crippen molar-refractivity contribution in [3.05, 3.63) is 74.0 Å². The molecule has 0 fully saturated rings. The molecule has 0 aliphatic heterocycles. The minimum atomic E-state index is -3.56. The van der Waals surface area contributed by atoms with Crippen molar-refractivity contribution in [2.75, 3.05) is 0 Å². The second kappa shape index (κ2) is 6.56. The van der Waals surface area contributed by atoms with Crippen molar-refractivity contribution < 1.29 is 8.42 Å². The predicted molar refractivity (Wildman–Crippen MR) is 107 cm³/mol. The van der Waals surface area contributed by atoms with Crippen molar-refractivity contribution in [2.45, 2.75) is 36.8 Å². The van der Waals surface area contributed by atoms with Crippen molar-refractivity contribution in [2.24, 2.45) is 0 Å². The smallest absolute Gasteiger partial charge is 0.190 e. The number of sulfone groups is 1. The molecule has 2 heterocycles. The molecule has 0 saturated heterocycles. The number of hydrogen-bond acceptors (Lipinski definition) is 3. The number of thiophene rings is 1. The summed E-state index contributed by atoms with van der Waals surface area (Å²) in [5.41, 5.74) is 2.87. The van der Waals surface area contributed by atoms with Crippen LogP contribution in [0.15, 0.2) is 46.7 Å². The van der Waals surface area contributed by atoms with Crippen LogP contribution in [0.1, 0.15) is 39.8 Å². The fourth-order valence-corrected chi connectivity index (χ4v) is 6.66. The van der Waals surface area contributed by atoms with Gasteiger partial charge in [0.15, 0.2) is 9.84 Å². The Hall–Kier alpha value is -2.11. The van der Waals surface area contributed by atoms with E-state index in [-0.39, 0.29) is 0 Å². The van der Waals surface area contributed by atoms with Gasteiger partial charge in [-0.15, -0.1) is 11.3 Å². The lowest BCUT2D eigenvalue weighted by molar-refractivity contribution is 0.589. The maximum Gasteiger partial charge on any atom is 0.190 e. The fraction of sp³-hybridized carbons (Fsp3) is 0.238. The van der Waals surface area contributed by atoms with Gasteiger partial charge in [-0.25, -0.2) is 8.42 Å². The summed E-state index contributed by atoms with van der Waals surface area (Å²) < 4.78 is 27.3. The van der Waals surface area contributed by atoms with Crippen LogP contribution in [0.25, 0.3) is 12.2 Å². The third-order valence-corrected chi connectivity index (χ3v) is 8.02. The van der Waals surface area contributed by atoms with Crippen LogP contribution in [0.2, 0.25) is 0 Å². The predicted octanol–water partition coefficient (Wildman–Crippen LogP) is 3.61. The zero-order valence-electron chi connectivity index (χ0n) is 14.8. The first-order valence-corrected chi connectivity index (χ1v) is 11.1. The van der Waals surface area contributed by atoms with Crippen LogP contribution >= 0.6 is 11.3 Å². The highest BCUT2D eigenvalue weighted by molar-refractivity contribution is 7.92. The number of aromatic amines is 1. The highest BCUT2D eigenvalue weighted by Gasteiger charge is 2.34. The number of aryl methyl sites for hydroxylation is 2. The summed E-state index contributed by atoms with van der Waals surface area (Å²) in [7, 11) is -3.56. The number of H-pyrrole nitrogens is 1. The molecule has 1 aliphatic rings. The highest BCUT2D eigenvalue weighted by Crippen LogP contribution is 2.37. The standard InChI is InChI=1S/C21H21NO2S2/c1-14-9-11-16(12-10-14)26(23,24)21(19-8-5-13-25-19)20-15(2)22-18-7-4-3-6-17(18)20/h5-13,21-22H,3-4H2,1-2H3. The van der Waals surface area contributed by atoms with Gasteiger partial charge in [0.05, 0.1) is 4.90 Å². The molecule has 5 heteroatoms. The maximum absolute atomic E-state index is 13.6. The second-order valence-electron chi connectivity index (χ2n) is 6.73. The topological polar surface area (TPSA) is 49.9 Å². The van der Waals surface area contributed by atoms with Gasteiger partial charge >= 0.3 is 0 Å². The summed E-state index contributed by atoms with van der Waals surface area (Å²) in [5.74, 6) is 0. The lowest BCUT2D eigenvalue weighted by Crippen LogP contribution is -2.30. The molecule has 0 saturated carbocycles. The Bertz CT molecular complexity index is 1150. The number of benzene rings is 1. The average molecular weight is 384 g/mol. The minimum Gasteiger partial charge on any atom is -0.359 e. The van der Waals surface area contributed by atoms with E-state index in [1.54, 1.807) is 12.1 Å².